The Balaban J connectivity index is 6.15. The number of carboxylic acid groups (broad SMARTS) is 8. The first-order chi connectivity index (χ1) is 22.2. The van der Waals surface area contributed by atoms with Crippen molar-refractivity contribution in [2.45, 2.75) is 71.6 Å². The fourth-order valence-corrected chi connectivity index (χ4v) is 6.37. The van der Waals surface area contributed by atoms with Gasteiger partial charge in [-0.1, -0.05) is 29.5 Å². The van der Waals surface area contributed by atoms with Crippen LogP contribution in [-0.4, -0.2) is 98.8 Å². The molecule has 0 rings (SSSR count). The lowest BCUT2D eigenvalue weighted by atomic mass is 9.77. The average Bonchev–Trinajstić information content (AvgIpc) is 2.96. The average molecular weight is 803 g/mol. The fourth-order valence-electron chi connectivity index (χ4n) is 5.63. The SMILES string of the molecule is CCC(CC(CC(CC(CC(CC(CC(CC(CC(CI)C(=O)O)C(C)=O)C(=O)O)C(=O)O)C(=O)O)C(=O)O)C(=O)O)C(=O)O)C(=O)O. The monoisotopic (exact) mass is 802 g/mol. The molecule has 0 spiro atoms. The van der Waals surface area contributed by atoms with Gasteiger partial charge in [-0.15, -0.1) is 0 Å². The van der Waals surface area contributed by atoms with E-state index in [-0.39, 0.29) is 17.3 Å². The molecule has 48 heavy (non-hydrogen) atoms. The molecular weight excluding hydrogens is 759 g/mol. The Morgan fingerprint density at radius 2 is 0.562 bits per heavy atom. The first kappa shape index (κ1) is 44.2. The summed E-state index contributed by atoms with van der Waals surface area (Å²) in [6.07, 6.45) is -4.73. The molecule has 0 aliphatic rings. The minimum Gasteiger partial charge on any atom is -0.481 e. The Kier molecular flexibility index (Phi) is 19.5. The van der Waals surface area contributed by atoms with Gasteiger partial charge in [-0.25, -0.2) is 0 Å². The molecule has 0 radical (unpaired) electrons. The van der Waals surface area contributed by atoms with E-state index in [1.807, 2.05) is 0 Å². The highest BCUT2D eigenvalue weighted by Crippen LogP contribution is 2.34. The number of Topliss-reactive ketones (excluding diaryl/α,β-unsaturated/α-hetero) is 1. The molecule has 272 valence electrons. The van der Waals surface area contributed by atoms with Gasteiger partial charge in [0.25, 0.3) is 0 Å². The minimum atomic E-state index is -1.73. The number of carbonyl (C=O) groups excluding carboxylic acids is 1. The van der Waals surface area contributed by atoms with Crippen LogP contribution in [0.15, 0.2) is 0 Å². The third-order valence-corrected chi connectivity index (χ3v) is 9.66. The summed E-state index contributed by atoms with van der Waals surface area (Å²) < 4.78 is 0.110. The summed E-state index contributed by atoms with van der Waals surface area (Å²) in [4.78, 5) is 108. The molecule has 0 saturated carbocycles. The predicted octanol–water partition coefficient (Wildman–Crippen LogP) is 2.76. The smallest absolute Gasteiger partial charge is 0.307 e. The molecule has 0 aromatic carbocycles. The summed E-state index contributed by atoms with van der Waals surface area (Å²) in [5, 5.41) is 77.4. The first-order valence-electron chi connectivity index (χ1n) is 15.0. The van der Waals surface area contributed by atoms with Crippen molar-refractivity contribution in [3.8, 4) is 0 Å². The Morgan fingerprint density at radius 1 is 0.375 bits per heavy atom. The second-order valence-electron chi connectivity index (χ2n) is 12.0. The second-order valence-corrected chi connectivity index (χ2v) is 12.9. The largest absolute Gasteiger partial charge is 0.481 e. The van der Waals surface area contributed by atoms with E-state index in [1.165, 1.54) is 6.92 Å². The molecule has 0 amide bonds. The molecular formula is C30H43IO17. The van der Waals surface area contributed by atoms with E-state index in [0.717, 1.165) is 6.92 Å². The zero-order valence-electron chi connectivity index (χ0n) is 26.4. The van der Waals surface area contributed by atoms with Crippen LogP contribution in [-0.2, 0) is 43.2 Å². The quantitative estimate of drug-likeness (QED) is 0.0437. The van der Waals surface area contributed by atoms with Crippen molar-refractivity contribution in [1.29, 1.82) is 0 Å². The van der Waals surface area contributed by atoms with Gasteiger partial charge < -0.3 is 40.9 Å². The van der Waals surface area contributed by atoms with Crippen LogP contribution in [0.1, 0.15) is 71.6 Å². The van der Waals surface area contributed by atoms with E-state index in [2.05, 4.69) is 0 Å². The summed E-state index contributed by atoms with van der Waals surface area (Å²) in [6, 6.07) is 0. The molecule has 8 N–H and O–H groups in total. The maximum atomic E-state index is 12.2. The van der Waals surface area contributed by atoms with Crippen molar-refractivity contribution >= 4 is 76.1 Å². The van der Waals surface area contributed by atoms with Gasteiger partial charge in [0, 0.05) is 10.3 Å². The van der Waals surface area contributed by atoms with Crippen LogP contribution in [0.25, 0.3) is 0 Å². The van der Waals surface area contributed by atoms with Gasteiger partial charge >= 0.3 is 47.8 Å². The summed E-state index contributed by atoms with van der Waals surface area (Å²) in [5.41, 5.74) is 0. The number of carbonyl (C=O) groups is 9. The molecule has 0 aromatic heterocycles. The Morgan fingerprint density at radius 3 is 0.729 bits per heavy atom. The molecule has 17 nitrogen and oxygen atoms in total. The lowest BCUT2D eigenvalue weighted by Crippen LogP contribution is -2.33. The highest BCUT2D eigenvalue weighted by Gasteiger charge is 2.39. The normalized spacial score (nSPS) is 16.9. The van der Waals surface area contributed by atoms with Crippen LogP contribution in [0.2, 0.25) is 0 Å². The molecule has 0 bridgehead atoms. The van der Waals surface area contributed by atoms with Crippen molar-refractivity contribution < 1.29 is 84.0 Å². The number of alkyl halides is 1. The second kappa shape index (κ2) is 21.2. The van der Waals surface area contributed by atoms with Crippen molar-refractivity contribution in [3.05, 3.63) is 0 Å². The van der Waals surface area contributed by atoms with Gasteiger partial charge in [0.2, 0.25) is 0 Å². The third-order valence-electron chi connectivity index (χ3n) is 8.60. The van der Waals surface area contributed by atoms with Crippen LogP contribution >= 0.6 is 22.6 Å². The van der Waals surface area contributed by atoms with Gasteiger partial charge in [0.05, 0.1) is 47.3 Å². The topological polar surface area (TPSA) is 315 Å². The number of halogens is 1. The molecule has 0 saturated heterocycles. The number of aliphatic carboxylic acids is 8. The highest BCUT2D eigenvalue weighted by molar-refractivity contribution is 14.1. The molecule has 0 heterocycles. The first-order valence-corrected chi connectivity index (χ1v) is 16.6. The van der Waals surface area contributed by atoms with Crippen LogP contribution in [0.3, 0.4) is 0 Å². The molecule has 9 atom stereocenters. The number of ketones is 1. The Labute approximate surface area is 288 Å². The summed E-state index contributed by atoms with van der Waals surface area (Å²) in [6.45, 7) is 2.62. The van der Waals surface area contributed by atoms with E-state index >= 15 is 0 Å². The van der Waals surface area contributed by atoms with E-state index in [9.17, 15) is 84.0 Å². The van der Waals surface area contributed by atoms with Crippen LogP contribution in [0.4, 0.5) is 0 Å². The van der Waals surface area contributed by atoms with Crippen molar-refractivity contribution in [1.82, 2.24) is 0 Å². The van der Waals surface area contributed by atoms with Gasteiger partial charge in [0.1, 0.15) is 5.78 Å². The van der Waals surface area contributed by atoms with Crippen molar-refractivity contribution in [2.24, 2.45) is 53.3 Å². The number of hydrogen-bond acceptors (Lipinski definition) is 9. The van der Waals surface area contributed by atoms with E-state index < -0.39 is 152 Å². The van der Waals surface area contributed by atoms with Crippen LogP contribution < -0.4 is 0 Å². The maximum Gasteiger partial charge on any atom is 0.307 e. The lowest BCUT2D eigenvalue weighted by Gasteiger charge is -2.26. The van der Waals surface area contributed by atoms with Crippen LogP contribution in [0, 0.1) is 53.3 Å². The zero-order valence-corrected chi connectivity index (χ0v) is 28.6. The molecule has 0 fully saturated rings. The summed E-state index contributed by atoms with van der Waals surface area (Å²) in [5.74, 6) is -25.6. The van der Waals surface area contributed by atoms with Gasteiger partial charge in [-0.3, -0.25) is 43.2 Å². The summed E-state index contributed by atoms with van der Waals surface area (Å²) >= 11 is 1.79. The van der Waals surface area contributed by atoms with Gasteiger partial charge in [-0.05, 0) is 64.7 Å². The molecule has 18 heteroatoms. The molecule has 0 aromatic rings. The summed E-state index contributed by atoms with van der Waals surface area (Å²) in [7, 11) is 0. The third kappa shape index (κ3) is 15.4. The van der Waals surface area contributed by atoms with Crippen LogP contribution in [0.5, 0.6) is 0 Å². The number of rotatable bonds is 27. The lowest BCUT2D eigenvalue weighted by molar-refractivity contribution is -0.150. The fraction of sp³-hybridized carbons (Fsp3) is 0.700. The van der Waals surface area contributed by atoms with Crippen molar-refractivity contribution in [2.75, 3.05) is 4.43 Å². The number of carboxylic acids is 8. The van der Waals surface area contributed by atoms with Gasteiger partial charge in [-0.2, -0.15) is 0 Å². The highest BCUT2D eigenvalue weighted by atomic mass is 127. The molecule has 0 aliphatic heterocycles. The molecule has 9 unspecified atom stereocenters. The van der Waals surface area contributed by atoms with Crippen molar-refractivity contribution in [3.63, 3.8) is 0 Å². The maximum absolute atomic E-state index is 12.2. The zero-order chi connectivity index (χ0) is 37.5. The van der Waals surface area contributed by atoms with Gasteiger partial charge in [0.15, 0.2) is 0 Å². The number of hydrogen-bond donors (Lipinski definition) is 8. The molecule has 0 aliphatic carbocycles. The predicted molar refractivity (Wildman–Crippen MR) is 169 cm³/mol. The minimum absolute atomic E-state index is 0.0407. The Bertz CT molecular complexity index is 1120. The van der Waals surface area contributed by atoms with E-state index in [4.69, 9.17) is 0 Å². The standard InChI is InChI=1S/C30H43IO17/c1-3-14(23(33)34)4-16(24(35)36)7-18(26(39)40)9-20(28(43)44)11-21(29(45)46)10-19(27(41)42)8-17(25(37)38)5-15(13(2)32)6-22(12-31)30(47)48/h14-22H,3-12H2,1-2H3,(H,33,34)(H,35,36)(H,37,38)(H,39,40)(H,41,42)(H,43,44)(H,45,46)(H,47,48). The van der Waals surface area contributed by atoms with E-state index in [1.54, 1.807) is 22.6 Å². The Hall–Kier alpha value is -3.84. The van der Waals surface area contributed by atoms with E-state index in [0.29, 0.717) is 0 Å².